The molecule has 0 spiro atoms. The molecular weight excluding hydrogens is 302 g/mol. The first-order valence-corrected chi connectivity index (χ1v) is 8.63. The monoisotopic (exact) mass is 319 g/mol. The minimum absolute atomic E-state index is 0.316. The van der Waals surface area contributed by atoms with E-state index in [0.717, 1.165) is 17.4 Å². The number of esters is 1. The minimum Gasteiger partial charge on any atom is -0.462 e. The molecule has 2 rings (SSSR count). The lowest BCUT2D eigenvalue weighted by Gasteiger charge is -2.08. The average molecular weight is 319 g/mol. The molecule has 0 heterocycles. The number of anilines is 1. The molecule has 2 aromatic carbocycles. The smallest absolute Gasteiger partial charge is 0.338 e. The molecule has 0 saturated carbocycles. The standard InChI is InChI=1S/C16H17NO4S/c1-3-21-16(18)14-8-4-6-12(10-14)13-7-5-9-15(11-13)17-22(2,19)20/h4-11,17H,3H2,1-2H3. The van der Waals surface area contributed by atoms with E-state index in [1.165, 1.54) is 0 Å². The van der Waals surface area contributed by atoms with E-state index >= 15 is 0 Å². The van der Waals surface area contributed by atoms with E-state index in [2.05, 4.69) is 4.72 Å². The van der Waals surface area contributed by atoms with Crippen molar-refractivity contribution in [3.8, 4) is 11.1 Å². The van der Waals surface area contributed by atoms with Crippen LogP contribution in [0.5, 0.6) is 0 Å². The molecule has 0 bridgehead atoms. The van der Waals surface area contributed by atoms with Crippen LogP contribution in [0, 0.1) is 0 Å². The first-order valence-electron chi connectivity index (χ1n) is 6.74. The van der Waals surface area contributed by atoms with Crippen LogP contribution >= 0.6 is 0 Å². The molecule has 2 aromatic rings. The van der Waals surface area contributed by atoms with Gasteiger partial charge < -0.3 is 4.74 Å². The highest BCUT2D eigenvalue weighted by atomic mass is 32.2. The number of nitrogens with one attached hydrogen (secondary N) is 1. The number of hydrogen-bond donors (Lipinski definition) is 1. The summed E-state index contributed by atoms with van der Waals surface area (Å²) < 4.78 is 30.0. The van der Waals surface area contributed by atoms with Gasteiger partial charge in [0.05, 0.1) is 18.4 Å². The summed E-state index contributed by atoms with van der Waals surface area (Å²) in [5.74, 6) is -0.380. The molecule has 0 aliphatic rings. The summed E-state index contributed by atoms with van der Waals surface area (Å²) in [6.45, 7) is 2.07. The van der Waals surface area contributed by atoms with Crippen molar-refractivity contribution in [1.29, 1.82) is 0 Å². The van der Waals surface area contributed by atoms with Gasteiger partial charge in [-0.25, -0.2) is 13.2 Å². The van der Waals surface area contributed by atoms with E-state index in [0.29, 0.717) is 17.9 Å². The molecular formula is C16H17NO4S. The fraction of sp³-hybridized carbons (Fsp3) is 0.188. The van der Waals surface area contributed by atoms with Crippen LogP contribution < -0.4 is 4.72 Å². The molecule has 0 aromatic heterocycles. The van der Waals surface area contributed by atoms with Crippen LogP contribution in [0.2, 0.25) is 0 Å². The highest BCUT2D eigenvalue weighted by Gasteiger charge is 2.09. The third-order valence-electron chi connectivity index (χ3n) is 2.87. The Morgan fingerprint density at radius 3 is 2.36 bits per heavy atom. The van der Waals surface area contributed by atoms with Gasteiger partial charge in [-0.05, 0) is 42.3 Å². The van der Waals surface area contributed by atoms with Gasteiger partial charge >= 0.3 is 5.97 Å². The molecule has 116 valence electrons. The SMILES string of the molecule is CCOC(=O)c1cccc(-c2cccc(NS(C)(=O)=O)c2)c1. The highest BCUT2D eigenvalue weighted by molar-refractivity contribution is 7.92. The number of sulfonamides is 1. The third kappa shape index (κ3) is 4.33. The van der Waals surface area contributed by atoms with Crippen LogP contribution in [-0.2, 0) is 14.8 Å². The molecule has 0 saturated heterocycles. The Bertz CT molecular complexity index is 784. The van der Waals surface area contributed by atoms with E-state index in [1.54, 1.807) is 43.3 Å². The van der Waals surface area contributed by atoms with Crippen LogP contribution in [0.3, 0.4) is 0 Å². The van der Waals surface area contributed by atoms with Gasteiger partial charge in [-0.1, -0.05) is 24.3 Å². The van der Waals surface area contributed by atoms with E-state index in [4.69, 9.17) is 4.74 Å². The van der Waals surface area contributed by atoms with Crippen molar-refractivity contribution >= 4 is 21.7 Å². The predicted molar refractivity (Wildman–Crippen MR) is 86.3 cm³/mol. The van der Waals surface area contributed by atoms with Gasteiger partial charge in [-0.3, -0.25) is 4.72 Å². The lowest BCUT2D eigenvalue weighted by Crippen LogP contribution is -2.09. The predicted octanol–water partition coefficient (Wildman–Crippen LogP) is 2.90. The summed E-state index contributed by atoms with van der Waals surface area (Å²) >= 11 is 0. The van der Waals surface area contributed by atoms with E-state index < -0.39 is 10.0 Å². The summed E-state index contributed by atoms with van der Waals surface area (Å²) in [5.41, 5.74) is 2.55. The molecule has 0 radical (unpaired) electrons. The Balaban J connectivity index is 2.34. The second kappa shape index (κ2) is 6.62. The van der Waals surface area contributed by atoms with Gasteiger partial charge in [0, 0.05) is 5.69 Å². The highest BCUT2D eigenvalue weighted by Crippen LogP contribution is 2.24. The maximum absolute atomic E-state index is 11.8. The van der Waals surface area contributed by atoms with Gasteiger partial charge in [0.25, 0.3) is 0 Å². The number of benzene rings is 2. The number of carbonyl (C=O) groups is 1. The fourth-order valence-electron chi connectivity index (χ4n) is 2.02. The molecule has 5 nitrogen and oxygen atoms in total. The molecule has 0 aliphatic heterocycles. The Hall–Kier alpha value is -2.34. The third-order valence-corrected chi connectivity index (χ3v) is 3.48. The van der Waals surface area contributed by atoms with Crippen LogP contribution in [0.25, 0.3) is 11.1 Å². The average Bonchev–Trinajstić information content (AvgIpc) is 2.46. The largest absolute Gasteiger partial charge is 0.462 e. The zero-order chi connectivity index (χ0) is 16.2. The lowest BCUT2D eigenvalue weighted by molar-refractivity contribution is 0.0526. The van der Waals surface area contributed by atoms with Crippen LogP contribution in [0.15, 0.2) is 48.5 Å². The molecule has 0 fully saturated rings. The topological polar surface area (TPSA) is 72.5 Å². The normalized spacial score (nSPS) is 11.0. The van der Waals surface area contributed by atoms with Crippen LogP contribution in [-0.4, -0.2) is 27.2 Å². The van der Waals surface area contributed by atoms with Gasteiger partial charge in [0.1, 0.15) is 0 Å². The van der Waals surface area contributed by atoms with Crippen LogP contribution in [0.4, 0.5) is 5.69 Å². The second-order valence-electron chi connectivity index (χ2n) is 4.76. The van der Waals surface area contributed by atoms with E-state index in [9.17, 15) is 13.2 Å². The summed E-state index contributed by atoms with van der Waals surface area (Å²) in [6, 6.07) is 14.0. The molecule has 0 aliphatic carbocycles. The van der Waals surface area contributed by atoms with Crippen molar-refractivity contribution in [2.24, 2.45) is 0 Å². The van der Waals surface area contributed by atoms with E-state index in [1.807, 2.05) is 12.1 Å². The van der Waals surface area contributed by atoms with Gasteiger partial charge in [-0.2, -0.15) is 0 Å². The molecule has 0 unspecified atom stereocenters. The van der Waals surface area contributed by atoms with Gasteiger partial charge in [0.15, 0.2) is 0 Å². The van der Waals surface area contributed by atoms with Crippen molar-refractivity contribution in [2.45, 2.75) is 6.92 Å². The Morgan fingerprint density at radius 1 is 1.09 bits per heavy atom. The van der Waals surface area contributed by atoms with Crippen molar-refractivity contribution in [3.63, 3.8) is 0 Å². The first-order chi connectivity index (χ1) is 10.4. The maximum atomic E-state index is 11.8. The van der Waals surface area contributed by atoms with Crippen molar-refractivity contribution in [1.82, 2.24) is 0 Å². The maximum Gasteiger partial charge on any atom is 0.338 e. The molecule has 6 heteroatoms. The zero-order valence-electron chi connectivity index (χ0n) is 12.4. The van der Waals surface area contributed by atoms with Crippen LogP contribution in [0.1, 0.15) is 17.3 Å². The van der Waals surface area contributed by atoms with Crippen molar-refractivity contribution in [2.75, 3.05) is 17.6 Å². The van der Waals surface area contributed by atoms with Gasteiger partial charge in [-0.15, -0.1) is 0 Å². The number of ether oxygens (including phenoxy) is 1. The fourth-order valence-corrected chi connectivity index (χ4v) is 2.57. The Labute approximate surface area is 130 Å². The molecule has 0 atom stereocenters. The summed E-state index contributed by atoms with van der Waals surface area (Å²) in [6.07, 6.45) is 1.10. The quantitative estimate of drug-likeness (QED) is 0.860. The van der Waals surface area contributed by atoms with Crippen molar-refractivity contribution in [3.05, 3.63) is 54.1 Å². The number of hydrogen-bond acceptors (Lipinski definition) is 4. The Morgan fingerprint density at radius 2 is 1.73 bits per heavy atom. The van der Waals surface area contributed by atoms with Gasteiger partial charge in [0.2, 0.25) is 10.0 Å². The molecule has 1 N–H and O–H groups in total. The number of rotatable bonds is 5. The first kappa shape index (κ1) is 16.0. The van der Waals surface area contributed by atoms with Crippen molar-refractivity contribution < 1.29 is 17.9 Å². The second-order valence-corrected chi connectivity index (χ2v) is 6.50. The lowest BCUT2D eigenvalue weighted by atomic mass is 10.0. The zero-order valence-corrected chi connectivity index (χ0v) is 13.2. The summed E-state index contributed by atoms with van der Waals surface area (Å²) in [7, 11) is -3.33. The minimum atomic E-state index is -3.33. The Kier molecular flexibility index (Phi) is 4.82. The summed E-state index contributed by atoms with van der Waals surface area (Å²) in [5, 5.41) is 0. The summed E-state index contributed by atoms with van der Waals surface area (Å²) in [4.78, 5) is 11.8. The molecule has 0 amide bonds. The number of carbonyl (C=O) groups excluding carboxylic acids is 1. The van der Waals surface area contributed by atoms with E-state index in [-0.39, 0.29) is 5.97 Å². The molecule has 22 heavy (non-hydrogen) atoms.